The average Bonchev–Trinajstić information content (AvgIpc) is 2.19. The van der Waals surface area contributed by atoms with Crippen molar-refractivity contribution in [2.75, 3.05) is 26.3 Å². The maximum atomic E-state index is 8.52. The zero-order valence-electron chi connectivity index (χ0n) is 7.29. The molecule has 0 atom stereocenters. The average molecular weight is 179 g/mol. The number of amidine groups is 1. The summed E-state index contributed by atoms with van der Waals surface area (Å²) in [6, 6.07) is 2.02. The summed E-state index contributed by atoms with van der Waals surface area (Å²) in [7, 11) is 0. The zero-order chi connectivity index (χ0) is 9.52. The van der Waals surface area contributed by atoms with E-state index in [9.17, 15) is 0 Å². The summed E-state index contributed by atoms with van der Waals surface area (Å²) in [6.45, 7) is 2.79. The second kappa shape index (κ2) is 5.13. The van der Waals surface area contributed by atoms with Gasteiger partial charge in [0.05, 0.1) is 19.3 Å². The Bertz CT molecular complexity index is 257. The molecule has 1 saturated heterocycles. The van der Waals surface area contributed by atoms with Crippen LogP contribution in [0.3, 0.4) is 0 Å². The lowest BCUT2D eigenvalue weighted by atomic mass is 10.4. The van der Waals surface area contributed by atoms with Crippen LogP contribution in [0, 0.1) is 22.8 Å². The molecule has 5 heteroatoms. The van der Waals surface area contributed by atoms with Crippen molar-refractivity contribution in [1.82, 2.24) is 5.32 Å². The molecular formula is C8H11N4O+. The Labute approximate surface area is 76.8 Å². The summed E-state index contributed by atoms with van der Waals surface area (Å²) < 4.78 is 7.13. The van der Waals surface area contributed by atoms with E-state index in [4.69, 9.17) is 15.3 Å². The molecule has 0 aliphatic carbocycles. The molecule has 1 aliphatic heterocycles. The summed E-state index contributed by atoms with van der Waals surface area (Å²) >= 11 is 0. The normalized spacial score (nSPS) is 15.7. The molecule has 5 nitrogen and oxygen atoms in total. The van der Waals surface area contributed by atoms with Gasteiger partial charge in [-0.25, -0.2) is 0 Å². The van der Waals surface area contributed by atoms with Crippen molar-refractivity contribution >= 4 is 5.84 Å². The van der Waals surface area contributed by atoms with Crippen LogP contribution < -0.4 is 5.32 Å². The maximum absolute atomic E-state index is 8.52. The van der Waals surface area contributed by atoms with E-state index in [0.29, 0.717) is 19.0 Å². The predicted octanol–water partition coefficient (Wildman–Crippen LogP) is -0.588. The number of morpholine rings is 1. The number of nitriles is 2. The Balaban J connectivity index is 2.69. The third-order valence-corrected chi connectivity index (χ3v) is 1.84. The van der Waals surface area contributed by atoms with E-state index < -0.39 is 0 Å². The van der Waals surface area contributed by atoms with Gasteiger partial charge in [0.2, 0.25) is 0 Å². The van der Waals surface area contributed by atoms with E-state index in [1.54, 1.807) is 0 Å². The Morgan fingerprint density at radius 2 is 2.08 bits per heavy atom. The molecule has 1 rings (SSSR count). The molecule has 0 radical (unpaired) electrons. The van der Waals surface area contributed by atoms with Gasteiger partial charge >= 0.3 is 0 Å². The molecule has 1 fully saturated rings. The SMILES string of the molecule is N#CCC(NC#N)=[N+]1CCOCC1. The van der Waals surface area contributed by atoms with Gasteiger partial charge in [0, 0.05) is 0 Å². The van der Waals surface area contributed by atoms with Gasteiger partial charge in [-0.2, -0.15) is 10.6 Å². The second-order valence-electron chi connectivity index (χ2n) is 2.62. The molecule has 13 heavy (non-hydrogen) atoms. The molecule has 0 unspecified atom stereocenters. The predicted molar refractivity (Wildman–Crippen MR) is 44.8 cm³/mol. The van der Waals surface area contributed by atoms with Crippen LogP contribution in [0.4, 0.5) is 0 Å². The molecule has 1 N–H and O–H groups in total. The van der Waals surface area contributed by atoms with Crippen molar-refractivity contribution in [1.29, 1.82) is 10.5 Å². The monoisotopic (exact) mass is 179 g/mol. The van der Waals surface area contributed by atoms with Gasteiger partial charge in [0.1, 0.15) is 19.5 Å². The first-order chi connectivity index (χ1) is 6.38. The van der Waals surface area contributed by atoms with Crippen molar-refractivity contribution in [2.45, 2.75) is 6.42 Å². The maximum Gasteiger partial charge on any atom is 0.288 e. The van der Waals surface area contributed by atoms with E-state index in [1.165, 1.54) is 0 Å². The molecule has 0 aromatic rings. The number of hydrogen-bond donors (Lipinski definition) is 1. The fourth-order valence-corrected chi connectivity index (χ4v) is 1.21. The lowest BCUT2D eigenvalue weighted by Crippen LogP contribution is -2.38. The largest absolute Gasteiger partial charge is 0.373 e. The molecule has 68 valence electrons. The zero-order valence-corrected chi connectivity index (χ0v) is 7.29. The van der Waals surface area contributed by atoms with Crippen LogP contribution in [-0.4, -0.2) is 36.7 Å². The van der Waals surface area contributed by atoms with Crippen molar-refractivity contribution in [2.24, 2.45) is 0 Å². The fraction of sp³-hybridized carbons (Fsp3) is 0.625. The smallest absolute Gasteiger partial charge is 0.288 e. The topological polar surface area (TPSA) is 71.8 Å². The van der Waals surface area contributed by atoms with E-state index in [0.717, 1.165) is 13.1 Å². The first-order valence-corrected chi connectivity index (χ1v) is 4.09. The number of nitrogens with zero attached hydrogens (tertiary/aromatic N) is 3. The molecular weight excluding hydrogens is 168 g/mol. The van der Waals surface area contributed by atoms with Gasteiger partial charge in [0.25, 0.3) is 12.0 Å². The van der Waals surface area contributed by atoms with Gasteiger partial charge in [-0.05, 0) is 0 Å². The van der Waals surface area contributed by atoms with Crippen LogP contribution in [0.25, 0.3) is 0 Å². The number of nitrogens with one attached hydrogen (secondary N) is 1. The van der Waals surface area contributed by atoms with E-state index in [1.807, 2.05) is 16.8 Å². The van der Waals surface area contributed by atoms with Crippen LogP contribution in [-0.2, 0) is 4.74 Å². The molecule has 0 saturated carbocycles. The molecule has 1 aliphatic rings. The van der Waals surface area contributed by atoms with Crippen LogP contribution in [0.2, 0.25) is 0 Å². The molecule has 0 amide bonds. The Morgan fingerprint density at radius 1 is 1.38 bits per heavy atom. The molecule has 1 heterocycles. The summed E-state index contributed by atoms with van der Waals surface area (Å²) in [5.74, 6) is 0.674. The summed E-state index contributed by atoms with van der Waals surface area (Å²) in [4.78, 5) is 0. The number of ether oxygens (including phenoxy) is 1. The standard InChI is InChI=1S/C8H10N4O/c9-2-1-8(11-7-10)12-3-5-13-6-4-12/h1,3-6H2/p+1. The number of hydrogen-bond acceptors (Lipinski definition) is 3. The van der Waals surface area contributed by atoms with E-state index in [-0.39, 0.29) is 6.42 Å². The third-order valence-electron chi connectivity index (χ3n) is 1.84. The summed E-state index contributed by atoms with van der Waals surface area (Å²) in [5, 5.41) is 19.5. The molecule has 0 aromatic carbocycles. The van der Waals surface area contributed by atoms with Crippen LogP contribution in [0.15, 0.2) is 0 Å². The lowest BCUT2D eigenvalue weighted by molar-refractivity contribution is -0.551. The van der Waals surface area contributed by atoms with Crippen molar-refractivity contribution < 1.29 is 9.31 Å². The second-order valence-corrected chi connectivity index (χ2v) is 2.62. The Kier molecular flexibility index (Phi) is 3.74. The molecule has 0 aromatic heterocycles. The highest BCUT2D eigenvalue weighted by Gasteiger charge is 2.15. The summed E-state index contributed by atoms with van der Waals surface area (Å²) in [5.41, 5.74) is 0. The minimum Gasteiger partial charge on any atom is -0.373 e. The van der Waals surface area contributed by atoms with Crippen LogP contribution in [0.5, 0.6) is 0 Å². The Hall–Kier alpha value is -1.59. The van der Waals surface area contributed by atoms with Gasteiger partial charge in [-0.3, -0.25) is 4.58 Å². The first kappa shape index (κ1) is 9.50. The van der Waals surface area contributed by atoms with Gasteiger partial charge in [-0.1, -0.05) is 0 Å². The molecule has 0 spiro atoms. The minimum atomic E-state index is 0.244. The van der Waals surface area contributed by atoms with Crippen molar-refractivity contribution in [3.05, 3.63) is 0 Å². The highest BCUT2D eigenvalue weighted by atomic mass is 16.5. The Morgan fingerprint density at radius 3 is 2.62 bits per heavy atom. The first-order valence-electron chi connectivity index (χ1n) is 4.09. The van der Waals surface area contributed by atoms with E-state index >= 15 is 0 Å². The fourth-order valence-electron chi connectivity index (χ4n) is 1.21. The molecule has 0 bridgehead atoms. The van der Waals surface area contributed by atoms with Gasteiger partial charge < -0.3 is 4.74 Å². The quantitative estimate of drug-likeness (QED) is 0.253. The summed E-state index contributed by atoms with van der Waals surface area (Å²) in [6.07, 6.45) is 2.07. The minimum absolute atomic E-state index is 0.244. The lowest BCUT2D eigenvalue weighted by Gasteiger charge is -2.15. The van der Waals surface area contributed by atoms with Crippen LogP contribution >= 0.6 is 0 Å². The number of rotatable bonds is 1. The highest BCUT2D eigenvalue weighted by Crippen LogP contribution is 1.92. The third kappa shape index (κ3) is 2.73. The van der Waals surface area contributed by atoms with Gasteiger partial charge in [0.15, 0.2) is 0 Å². The van der Waals surface area contributed by atoms with Crippen molar-refractivity contribution in [3.63, 3.8) is 0 Å². The van der Waals surface area contributed by atoms with Gasteiger partial charge in [-0.15, -0.1) is 5.26 Å². The van der Waals surface area contributed by atoms with Crippen molar-refractivity contribution in [3.8, 4) is 12.3 Å². The highest BCUT2D eigenvalue weighted by molar-refractivity contribution is 5.80. The van der Waals surface area contributed by atoms with E-state index in [2.05, 4.69) is 5.32 Å². The van der Waals surface area contributed by atoms with Crippen LogP contribution in [0.1, 0.15) is 6.42 Å².